The number of aromatic nitrogens is 1. The van der Waals surface area contributed by atoms with Gasteiger partial charge < -0.3 is 24.3 Å². The van der Waals surface area contributed by atoms with Crippen LogP contribution in [-0.4, -0.2) is 35.3 Å². The topological polar surface area (TPSA) is 38.7 Å². The van der Waals surface area contributed by atoms with E-state index in [1.807, 2.05) is 36.4 Å². The molecule has 0 aliphatic carbocycles. The molecule has 0 bridgehead atoms. The maximum Gasteiger partial charge on any atom is 0.174 e. The Labute approximate surface area is 184 Å². The van der Waals surface area contributed by atoms with Crippen molar-refractivity contribution in [2.75, 3.05) is 26.1 Å². The Morgan fingerprint density at radius 1 is 1.03 bits per heavy atom. The maximum absolute atomic E-state index is 5.82. The predicted molar refractivity (Wildman–Crippen MR) is 123 cm³/mol. The fraction of sp³-hybridized carbons (Fsp3) is 0.227. The summed E-state index contributed by atoms with van der Waals surface area (Å²) in [6.45, 7) is 1.69. The molecular formula is C22H22BrN3O2S. The van der Waals surface area contributed by atoms with Gasteiger partial charge in [-0.2, -0.15) is 0 Å². The molecule has 0 saturated heterocycles. The van der Waals surface area contributed by atoms with Crippen molar-refractivity contribution in [3.8, 4) is 11.5 Å². The molecule has 3 aromatic rings. The average Bonchev–Trinajstić information content (AvgIpc) is 3.23. The number of nitrogens with one attached hydrogen (secondary N) is 1. The minimum Gasteiger partial charge on any atom is -0.493 e. The average molecular weight is 472 g/mol. The van der Waals surface area contributed by atoms with Crippen LogP contribution in [0, 0.1) is 0 Å². The molecule has 1 aliphatic rings. The first-order chi connectivity index (χ1) is 14.1. The zero-order valence-electron chi connectivity index (χ0n) is 16.3. The maximum atomic E-state index is 5.82. The molecule has 0 unspecified atom stereocenters. The molecule has 0 fully saturated rings. The molecule has 29 heavy (non-hydrogen) atoms. The van der Waals surface area contributed by atoms with Gasteiger partial charge in [-0.1, -0.05) is 22.0 Å². The van der Waals surface area contributed by atoms with Gasteiger partial charge in [-0.15, -0.1) is 0 Å². The molecule has 0 saturated carbocycles. The lowest BCUT2D eigenvalue weighted by molar-refractivity contribution is 0.291. The van der Waals surface area contributed by atoms with Gasteiger partial charge in [0.1, 0.15) is 0 Å². The highest BCUT2D eigenvalue weighted by Gasteiger charge is 2.31. The summed E-state index contributed by atoms with van der Waals surface area (Å²) in [6, 6.07) is 18.3. The number of benzene rings is 2. The molecule has 150 valence electrons. The fourth-order valence-electron chi connectivity index (χ4n) is 3.70. The number of rotatable bonds is 4. The molecule has 7 heteroatoms. The van der Waals surface area contributed by atoms with E-state index in [9.17, 15) is 0 Å². The first-order valence-corrected chi connectivity index (χ1v) is 10.5. The molecule has 0 spiro atoms. The fourth-order valence-corrected chi connectivity index (χ4v) is 4.28. The lowest BCUT2D eigenvalue weighted by Gasteiger charge is -2.39. The number of nitrogens with zero attached hydrogens (tertiary/aromatic N) is 2. The largest absolute Gasteiger partial charge is 0.493 e. The SMILES string of the molecule is COc1ccc([C@@H]2c3cccn3CCN2C(=S)Nc2ccc(Br)cc2)cc1OC. The van der Waals surface area contributed by atoms with E-state index < -0.39 is 0 Å². The minimum absolute atomic E-state index is 0.0194. The van der Waals surface area contributed by atoms with Crippen molar-refractivity contribution in [2.24, 2.45) is 0 Å². The molecule has 1 atom stereocenters. The summed E-state index contributed by atoms with van der Waals surface area (Å²) >= 11 is 9.29. The lowest BCUT2D eigenvalue weighted by Crippen LogP contribution is -2.44. The number of halogens is 1. The zero-order valence-corrected chi connectivity index (χ0v) is 18.7. The van der Waals surface area contributed by atoms with Crippen molar-refractivity contribution in [3.63, 3.8) is 0 Å². The molecule has 1 aliphatic heterocycles. The summed E-state index contributed by atoms with van der Waals surface area (Å²) in [7, 11) is 3.30. The molecule has 0 amide bonds. The Kier molecular flexibility index (Phi) is 5.78. The van der Waals surface area contributed by atoms with E-state index in [-0.39, 0.29) is 6.04 Å². The summed E-state index contributed by atoms with van der Waals surface area (Å²) in [5.74, 6) is 1.42. The van der Waals surface area contributed by atoms with Gasteiger partial charge in [0.05, 0.1) is 20.3 Å². The molecule has 0 radical (unpaired) electrons. The van der Waals surface area contributed by atoms with E-state index in [0.29, 0.717) is 16.6 Å². The van der Waals surface area contributed by atoms with Crippen LogP contribution < -0.4 is 14.8 Å². The second-order valence-electron chi connectivity index (χ2n) is 6.77. The Morgan fingerprint density at radius 3 is 2.52 bits per heavy atom. The highest BCUT2D eigenvalue weighted by molar-refractivity contribution is 9.10. The number of anilines is 1. The van der Waals surface area contributed by atoms with E-state index in [2.05, 4.69) is 55.1 Å². The highest BCUT2D eigenvalue weighted by atomic mass is 79.9. The Morgan fingerprint density at radius 2 is 1.79 bits per heavy atom. The quantitative estimate of drug-likeness (QED) is 0.537. The van der Waals surface area contributed by atoms with Gasteiger partial charge in [0.25, 0.3) is 0 Å². The van der Waals surface area contributed by atoms with Crippen molar-refractivity contribution < 1.29 is 9.47 Å². The first kappa shape index (κ1) is 19.8. The van der Waals surface area contributed by atoms with E-state index in [1.165, 1.54) is 5.69 Å². The van der Waals surface area contributed by atoms with Gasteiger partial charge in [0.2, 0.25) is 0 Å². The van der Waals surface area contributed by atoms with Gasteiger partial charge in [-0.05, 0) is 66.3 Å². The van der Waals surface area contributed by atoms with Crippen LogP contribution in [0.5, 0.6) is 11.5 Å². The van der Waals surface area contributed by atoms with Crippen molar-refractivity contribution in [1.29, 1.82) is 0 Å². The van der Waals surface area contributed by atoms with Crippen molar-refractivity contribution in [1.82, 2.24) is 9.47 Å². The predicted octanol–water partition coefficient (Wildman–Crippen LogP) is 5.07. The Bertz CT molecular complexity index is 1020. The van der Waals surface area contributed by atoms with Crippen LogP contribution in [0.1, 0.15) is 17.3 Å². The van der Waals surface area contributed by atoms with Crippen LogP contribution >= 0.6 is 28.1 Å². The number of methoxy groups -OCH3 is 2. The third-order valence-electron chi connectivity index (χ3n) is 5.12. The minimum atomic E-state index is -0.0194. The van der Waals surface area contributed by atoms with Crippen LogP contribution in [0.4, 0.5) is 5.69 Å². The van der Waals surface area contributed by atoms with Crippen molar-refractivity contribution in [3.05, 3.63) is 76.5 Å². The molecule has 1 aromatic heterocycles. The van der Waals surface area contributed by atoms with Gasteiger partial charge in [0.15, 0.2) is 16.6 Å². The third kappa shape index (κ3) is 3.97. The van der Waals surface area contributed by atoms with E-state index in [4.69, 9.17) is 21.7 Å². The van der Waals surface area contributed by atoms with Crippen LogP contribution in [0.2, 0.25) is 0 Å². The second-order valence-corrected chi connectivity index (χ2v) is 8.08. The van der Waals surface area contributed by atoms with Crippen molar-refractivity contribution >= 4 is 38.9 Å². The Hall–Kier alpha value is -2.51. The normalized spacial score (nSPS) is 15.6. The van der Waals surface area contributed by atoms with E-state index in [1.54, 1.807) is 14.2 Å². The summed E-state index contributed by atoms with van der Waals surface area (Å²) in [4.78, 5) is 2.23. The third-order valence-corrected chi connectivity index (χ3v) is 5.98. The van der Waals surface area contributed by atoms with Gasteiger partial charge in [0, 0.05) is 35.1 Å². The summed E-state index contributed by atoms with van der Waals surface area (Å²) < 4.78 is 14.3. The highest BCUT2D eigenvalue weighted by Crippen LogP contribution is 2.37. The monoisotopic (exact) mass is 471 g/mol. The van der Waals surface area contributed by atoms with Gasteiger partial charge >= 0.3 is 0 Å². The molecule has 2 heterocycles. The number of hydrogen-bond acceptors (Lipinski definition) is 3. The molecule has 1 N–H and O–H groups in total. The summed E-state index contributed by atoms with van der Waals surface area (Å²) in [5, 5.41) is 4.08. The number of hydrogen-bond donors (Lipinski definition) is 1. The molecular weight excluding hydrogens is 450 g/mol. The smallest absolute Gasteiger partial charge is 0.174 e. The first-order valence-electron chi connectivity index (χ1n) is 9.31. The molecule has 2 aromatic carbocycles. The lowest BCUT2D eigenvalue weighted by atomic mass is 9.99. The second kappa shape index (κ2) is 8.47. The summed E-state index contributed by atoms with van der Waals surface area (Å²) in [5.41, 5.74) is 3.26. The number of ether oxygens (including phenoxy) is 2. The van der Waals surface area contributed by atoms with E-state index in [0.717, 1.165) is 28.8 Å². The molecule has 5 nitrogen and oxygen atoms in total. The Balaban J connectivity index is 1.69. The van der Waals surface area contributed by atoms with Crippen molar-refractivity contribution in [2.45, 2.75) is 12.6 Å². The van der Waals surface area contributed by atoms with Crippen LogP contribution in [0.3, 0.4) is 0 Å². The molecule has 4 rings (SSSR count). The van der Waals surface area contributed by atoms with Crippen LogP contribution in [0.25, 0.3) is 0 Å². The summed E-state index contributed by atoms with van der Waals surface area (Å²) in [6.07, 6.45) is 2.12. The van der Waals surface area contributed by atoms with E-state index >= 15 is 0 Å². The number of thiocarbonyl (C=S) groups is 1. The number of fused-ring (bicyclic) bond motifs is 1. The van der Waals surface area contributed by atoms with Crippen LogP contribution in [-0.2, 0) is 6.54 Å². The standard InChI is InChI=1S/C22H22BrN3O2S/c1-27-19-10-5-15(14-20(19)28-2)21-18-4-3-11-25(18)12-13-26(21)22(29)24-17-8-6-16(23)7-9-17/h3-11,14,21H,12-13H2,1-2H3,(H,24,29)/t21-/m1/s1. The van der Waals surface area contributed by atoms with Gasteiger partial charge in [-0.3, -0.25) is 0 Å². The van der Waals surface area contributed by atoms with Crippen LogP contribution in [0.15, 0.2) is 65.3 Å². The van der Waals surface area contributed by atoms with Gasteiger partial charge in [-0.25, -0.2) is 0 Å². The zero-order chi connectivity index (χ0) is 20.4.